The minimum Gasteiger partial charge on any atom is -0.497 e. The summed E-state index contributed by atoms with van der Waals surface area (Å²) in [5, 5.41) is 0. The molecule has 2 N–H and O–H groups in total. The first-order chi connectivity index (χ1) is 10.1. The second kappa shape index (κ2) is 5.32. The summed E-state index contributed by atoms with van der Waals surface area (Å²) in [6.45, 7) is 1.03. The number of hydrogen-bond acceptors (Lipinski definition) is 3. The quantitative estimate of drug-likeness (QED) is 0.854. The van der Waals surface area contributed by atoms with Crippen LogP contribution < -0.4 is 15.4 Å². The van der Waals surface area contributed by atoms with Crippen LogP contribution in [0.25, 0.3) is 0 Å². The summed E-state index contributed by atoms with van der Waals surface area (Å²) in [4.78, 5) is 2.32. The van der Waals surface area contributed by atoms with Gasteiger partial charge in [-0.2, -0.15) is 0 Å². The Bertz CT molecular complexity index is 600. The van der Waals surface area contributed by atoms with E-state index in [1.807, 2.05) is 24.3 Å². The summed E-state index contributed by atoms with van der Waals surface area (Å²) in [5.74, 6) is 0.895. The third-order valence-electron chi connectivity index (χ3n) is 4.43. The topological polar surface area (TPSA) is 38.5 Å². The van der Waals surface area contributed by atoms with E-state index in [2.05, 4.69) is 36.2 Å². The highest BCUT2D eigenvalue weighted by Crippen LogP contribution is 2.49. The molecule has 3 heteroatoms. The Morgan fingerprint density at radius 3 is 2.19 bits per heavy atom. The van der Waals surface area contributed by atoms with Crippen LogP contribution in [-0.2, 0) is 5.41 Å². The van der Waals surface area contributed by atoms with Crippen LogP contribution in [0.15, 0.2) is 48.5 Å². The van der Waals surface area contributed by atoms with E-state index in [9.17, 15) is 0 Å². The van der Waals surface area contributed by atoms with E-state index in [4.69, 9.17) is 10.5 Å². The van der Waals surface area contributed by atoms with Gasteiger partial charge in [-0.25, -0.2) is 0 Å². The lowest BCUT2D eigenvalue weighted by molar-refractivity contribution is 0.415. The number of benzene rings is 2. The van der Waals surface area contributed by atoms with Crippen LogP contribution in [0.3, 0.4) is 0 Å². The number of methoxy groups -OCH3 is 1. The van der Waals surface area contributed by atoms with E-state index < -0.39 is 0 Å². The third kappa shape index (κ3) is 2.82. The molecule has 2 aromatic carbocycles. The molecule has 110 valence electrons. The SMILES string of the molecule is COc1ccc(N(C)CC2(c3ccc(N)cc3)CC2)cc1. The van der Waals surface area contributed by atoms with E-state index in [0.717, 1.165) is 18.0 Å². The lowest BCUT2D eigenvalue weighted by atomic mass is 9.95. The van der Waals surface area contributed by atoms with Gasteiger partial charge >= 0.3 is 0 Å². The zero-order valence-electron chi connectivity index (χ0n) is 12.7. The number of ether oxygens (including phenoxy) is 1. The normalized spacial score (nSPS) is 15.5. The van der Waals surface area contributed by atoms with Crippen molar-refractivity contribution in [2.24, 2.45) is 0 Å². The summed E-state index contributed by atoms with van der Waals surface area (Å²) < 4.78 is 5.21. The molecule has 0 bridgehead atoms. The van der Waals surface area contributed by atoms with Crippen LogP contribution in [0.2, 0.25) is 0 Å². The van der Waals surface area contributed by atoms with Crippen molar-refractivity contribution in [2.75, 3.05) is 31.3 Å². The van der Waals surface area contributed by atoms with E-state index in [1.54, 1.807) is 7.11 Å². The van der Waals surface area contributed by atoms with Gasteiger partial charge in [-0.15, -0.1) is 0 Å². The molecule has 2 aromatic rings. The molecule has 1 aliphatic rings. The molecule has 0 atom stereocenters. The van der Waals surface area contributed by atoms with Crippen molar-refractivity contribution in [3.63, 3.8) is 0 Å². The summed E-state index contributed by atoms with van der Waals surface area (Å²) in [7, 11) is 3.85. The van der Waals surface area contributed by atoms with Gasteiger partial charge in [0, 0.05) is 30.4 Å². The van der Waals surface area contributed by atoms with Crippen LogP contribution >= 0.6 is 0 Å². The summed E-state index contributed by atoms with van der Waals surface area (Å²) in [6.07, 6.45) is 2.49. The maximum atomic E-state index is 5.79. The monoisotopic (exact) mass is 282 g/mol. The summed E-state index contributed by atoms with van der Waals surface area (Å²) in [5.41, 5.74) is 9.53. The van der Waals surface area contributed by atoms with E-state index in [0.29, 0.717) is 5.41 Å². The fourth-order valence-corrected chi connectivity index (χ4v) is 2.91. The highest BCUT2D eigenvalue weighted by Gasteiger charge is 2.44. The minimum atomic E-state index is 0.294. The molecule has 0 unspecified atom stereocenters. The van der Waals surface area contributed by atoms with Gasteiger partial charge in [-0.05, 0) is 54.8 Å². The van der Waals surface area contributed by atoms with Crippen molar-refractivity contribution < 1.29 is 4.74 Å². The smallest absolute Gasteiger partial charge is 0.119 e. The third-order valence-corrected chi connectivity index (χ3v) is 4.43. The number of nitrogens with two attached hydrogens (primary N) is 1. The van der Waals surface area contributed by atoms with Gasteiger partial charge in [-0.3, -0.25) is 0 Å². The highest BCUT2D eigenvalue weighted by molar-refractivity contribution is 5.51. The molecule has 21 heavy (non-hydrogen) atoms. The van der Waals surface area contributed by atoms with Gasteiger partial charge in [0.05, 0.1) is 7.11 Å². The number of rotatable bonds is 5. The van der Waals surface area contributed by atoms with Crippen molar-refractivity contribution in [3.8, 4) is 5.75 Å². The molecule has 1 aliphatic carbocycles. The molecule has 3 nitrogen and oxygen atoms in total. The zero-order valence-corrected chi connectivity index (χ0v) is 12.7. The minimum absolute atomic E-state index is 0.294. The predicted molar refractivity (Wildman–Crippen MR) is 88.0 cm³/mol. The largest absolute Gasteiger partial charge is 0.497 e. The van der Waals surface area contributed by atoms with Crippen molar-refractivity contribution in [1.29, 1.82) is 0 Å². The Balaban J connectivity index is 1.74. The Kier molecular flexibility index (Phi) is 3.50. The van der Waals surface area contributed by atoms with Gasteiger partial charge in [0.25, 0.3) is 0 Å². The molecule has 0 aliphatic heterocycles. The van der Waals surface area contributed by atoms with Gasteiger partial charge in [0.2, 0.25) is 0 Å². The maximum Gasteiger partial charge on any atom is 0.119 e. The van der Waals surface area contributed by atoms with Crippen LogP contribution in [-0.4, -0.2) is 20.7 Å². The first kappa shape index (κ1) is 13.8. The Hall–Kier alpha value is -2.16. The Morgan fingerprint density at radius 1 is 1.05 bits per heavy atom. The summed E-state index contributed by atoms with van der Waals surface area (Å²) >= 11 is 0. The lowest BCUT2D eigenvalue weighted by Crippen LogP contribution is -2.29. The lowest BCUT2D eigenvalue weighted by Gasteiger charge is -2.26. The second-order valence-electron chi connectivity index (χ2n) is 5.96. The molecule has 1 saturated carbocycles. The van der Waals surface area contributed by atoms with Crippen molar-refractivity contribution in [2.45, 2.75) is 18.3 Å². The van der Waals surface area contributed by atoms with Gasteiger partial charge in [-0.1, -0.05) is 12.1 Å². The zero-order chi connectivity index (χ0) is 14.9. The van der Waals surface area contributed by atoms with Crippen LogP contribution in [0, 0.1) is 0 Å². The molecule has 0 amide bonds. The molecular formula is C18H22N2O. The Labute approximate surface area is 126 Å². The van der Waals surface area contributed by atoms with Crippen LogP contribution in [0.4, 0.5) is 11.4 Å². The molecular weight excluding hydrogens is 260 g/mol. The van der Waals surface area contributed by atoms with Crippen molar-refractivity contribution in [3.05, 3.63) is 54.1 Å². The maximum absolute atomic E-state index is 5.79. The van der Waals surface area contributed by atoms with Crippen molar-refractivity contribution >= 4 is 11.4 Å². The van der Waals surface area contributed by atoms with E-state index >= 15 is 0 Å². The standard InChI is InChI=1S/C18H22N2O/c1-20(16-7-9-17(21-2)10-8-16)13-18(11-12-18)14-3-5-15(19)6-4-14/h3-10H,11-13,19H2,1-2H3. The molecule has 0 radical (unpaired) electrons. The number of nitrogen functional groups attached to an aromatic ring is 1. The van der Waals surface area contributed by atoms with E-state index in [1.165, 1.54) is 24.1 Å². The molecule has 0 heterocycles. The number of hydrogen-bond donors (Lipinski definition) is 1. The van der Waals surface area contributed by atoms with Crippen molar-refractivity contribution in [1.82, 2.24) is 0 Å². The Morgan fingerprint density at radius 2 is 1.67 bits per heavy atom. The van der Waals surface area contributed by atoms with E-state index in [-0.39, 0.29) is 0 Å². The molecule has 3 rings (SSSR count). The van der Waals surface area contributed by atoms with Crippen LogP contribution in [0.1, 0.15) is 18.4 Å². The predicted octanol–water partition coefficient (Wildman–Crippen LogP) is 3.45. The molecule has 0 aromatic heterocycles. The van der Waals surface area contributed by atoms with Gasteiger partial charge in [0.1, 0.15) is 5.75 Å². The van der Waals surface area contributed by atoms with Gasteiger partial charge < -0.3 is 15.4 Å². The molecule has 0 saturated heterocycles. The summed E-state index contributed by atoms with van der Waals surface area (Å²) in [6, 6.07) is 16.6. The second-order valence-corrected chi connectivity index (χ2v) is 5.96. The highest BCUT2D eigenvalue weighted by atomic mass is 16.5. The average Bonchev–Trinajstić information content (AvgIpc) is 3.28. The molecule has 0 spiro atoms. The van der Waals surface area contributed by atoms with Crippen LogP contribution in [0.5, 0.6) is 5.75 Å². The first-order valence-corrected chi connectivity index (χ1v) is 7.34. The van der Waals surface area contributed by atoms with Gasteiger partial charge in [0.15, 0.2) is 0 Å². The molecule has 1 fully saturated rings. The number of anilines is 2. The number of likely N-dealkylation sites (N-methyl/N-ethyl adjacent to an activating group) is 1. The fraction of sp³-hybridized carbons (Fsp3) is 0.333. The average molecular weight is 282 g/mol. The first-order valence-electron chi connectivity index (χ1n) is 7.34. The fourth-order valence-electron chi connectivity index (χ4n) is 2.91. The number of nitrogens with zero attached hydrogens (tertiary/aromatic N) is 1.